The molecule has 1 heterocycles. The molecule has 4 rings (SSSR count). The number of amides is 1. The summed E-state index contributed by atoms with van der Waals surface area (Å²) in [6.45, 7) is 7.54. The maximum absolute atomic E-state index is 10.6. The van der Waals surface area contributed by atoms with Crippen molar-refractivity contribution < 1.29 is 4.79 Å². The lowest BCUT2D eigenvalue weighted by Crippen LogP contribution is -2.45. The Kier molecular flexibility index (Phi) is 7.40. The minimum atomic E-state index is 0.804. The first kappa shape index (κ1) is 19.6. The van der Waals surface area contributed by atoms with Crippen molar-refractivity contribution in [1.29, 1.82) is 0 Å². The molecule has 0 N–H and O–H groups in total. The molecule has 2 aromatic carbocycles. The molecule has 4 heteroatoms. The van der Waals surface area contributed by atoms with Gasteiger partial charge in [-0.1, -0.05) is 55.1 Å². The van der Waals surface area contributed by atoms with Gasteiger partial charge in [-0.3, -0.25) is 4.79 Å². The van der Waals surface area contributed by atoms with E-state index < -0.39 is 0 Å². The van der Waals surface area contributed by atoms with Crippen molar-refractivity contribution in [3.8, 4) is 0 Å². The summed E-state index contributed by atoms with van der Waals surface area (Å²) in [6, 6.07) is 21.1. The van der Waals surface area contributed by atoms with Crippen LogP contribution in [0.15, 0.2) is 77.8 Å². The molecule has 0 atom stereocenters. The van der Waals surface area contributed by atoms with Crippen LogP contribution in [0, 0.1) is 0 Å². The van der Waals surface area contributed by atoms with Crippen molar-refractivity contribution in [1.82, 2.24) is 9.80 Å². The third kappa shape index (κ3) is 6.47. The highest BCUT2D eigenvalue weighted by molar-refractivity contribution is 7.99. The highest BCUT2D eigenvalue weighted by atomic mass is 32.2. The fraction of sp³-hybridized carbons (Fsp3) is 0.348. The Morgan fingerprint density at radius 3 is 2.11 bits per heavy atom. The Hall–Kier alpha value is -2.20. The first-order valence-corrected chi connectivity index (χ1v) is 10.6. The molecule has 1 aliphatic heterocycles. The van der Waals surface area contributed by atoms with Crippen molar-refractivity contribution in [2.75, 3.05) is 31.9 Å². The van der Waals surface area contributed by atoms with E-state index in [0.717, 1.165) is 50.0 Å². The molecule has 0 unspecified atom stereocenters. The zero-order chi connectivity index (χ0) is 18.9. The third-order valence-corrected chi connectivity index (χ3v) is 5.99. The highest BCUT2D eigenvalue weighted by Crippen LogP contribution is 2.39. The summed E-state index contributed by atoms with van der Waals surface area (Å²) in [4.78, 5) is 16.0. The minimum Gasteiger partial charge on any atom is -0.371 e. The van der Waals surface area contributed by atoms with Gasteiger partial charge in [-0.05, 0) is 36.5 Å². The first-order chi connectivity index (χ1) is 13.3. The normalized spacial score (nSPS) is 16.3. The smallest absolute Gasteiger partial charge is 0.209 e. The van der Waals surface area contributed by atoms with Crippen LogP contribution in [-0.2, 0) is 4.79 Å². The van der Waals surface area contributed by atoms with E-state index in [9.17, 15) is 4.79 Å². The van der Waals surface area contributed by atoms with Crippen LogP contribution in [-0.4, -0.2) is 48.1 Å². The second-order valence-corrected chi connectivity index (χ2v) is 8.03. The molecule has 1 saturated heterocycles. The Balaban J connectivity index is 0.000000193. The maximum Gasteiger partial charge on any atom is 0.209 e. The summed E-state index contributed by atoms with van der Waals surface area (Å²) < 4.78 is 0. The van der Waals surface area contributed by atoms with E-state index in [-0.39, 0.29) is 0 Å². The van der Waals surface area contributed by atoms with Crippen LogP contribution in [0.5, 0.6) is 0 Å². The topological polar surface area (TPSA) is 23.6 Å². The van der Waals surface area contributed by atoms with Crippen molar-refractivity contribution in [2.45, 2.75) is 23.7 Å². The van der Waals surface area contributed by atoms with Crippen LogP contribution in [0.25, 0.3) is 0 Å². The lowest BCUT2D eigenvalue weighted by Gasteiger charge is -2.35. The fourth-order valence-electron chi connectivity index (χ4n) is 3.06. The first-order valence-electron chi connectivity index (χ1n) is 9.61. The Bertz CT molecular complexity index is 708. The van der Waals surface area contributed by atoms with Crippen LogP contribution in [0.1, 0.15) is 24.3 Å². The number of nitrogens with zero attached hydrogens (tertiary/aromatic N) is 2. The van der Waals surface area contributed by atoms with Crippen molar-refractivity contribution >= 4 is 18.2 Å². The van der Waals surface area contributed by atoms with E-state index >= 15 is 0 Å². The van der Waals surface area contributed by atoms with Crippen molar-refractivity contribution in [2.24, 2.45) is 0 Å². The molecular weight excluding hydrogens is 352 g/mol. The molecule has 27 heavy (non-hydrogen) atoms. The van der Waals surface area contributed by atoms with Gasteiger partial charge in [0, 0.05) is 42.5 Å². The zero-order valence-electron chi connectivity index (χ0n) is 15.8. The number of carbonyl (C=O) groups excluding carboxylic acids is 1. The predicted molar refractivity (Wildman–Crippen MR) is 114 cm³/mol. The average molecular weight is 381 g/mol. The van der Waals surface area contributed by atoms with Crippen LogP contribution < -0.4 is 0 Å². The van der Waals surface area contributed by atoms with Crippen molar-refractivity contribution in [3.05, 3.63) is 78.5 Å². The Labute approximate surface area is 167 Å². The molecule has 2 fully saturated rings. The number of benzene rings is 2. The van der Waals surface area contributed by atoms with Gasteiger partial charge in [0.05, 0.1) is 0 Å². The van der Waals surface area contributed by atoms with Gasteiger partial charge in [-0.2, -0.15) is 0 Å². The number of carbonyl (C=O) groups is 1. The summed E-state index contributed by atoms with van der Waals surface area (Å²) in [7, 11) is 0. The number of hydrogen-bond donors (Lipinski definition) is 0. The van der Waals surface area contributed by atoms with Crippen LogP contribution >= 0.6 is 11.8 Å². The largest absolute Gasteiger partial charge is 0.371 e. The fourth-order valence-corrected chi connectivity index (χ4v) is 3.93. The van der Waals surface area contributed by atoms with Gasteiger partial charge in [0.2, 0.25) is 6.41 Å². The van der Waals surface area contributed by atoms with E-state index in [4.69, 9.17) is 0 Å². The molecule has 1 amide bonds. The quantitative estimate of drug-likeness (QED) is 0.539. The molecule has 1 aliphatic carbocycles. The number of thioether (sulfide) groups is 1. The van der Waals surface area contributed by atoms with Gasteiger partial charge in [-0.15, -0.1) is 11.8 Å². The molecule has 2 aliphatic rings. The molecule has 1 saturated carbocycles. The van der Waals surface area contributed by atoms with E-state index in [2.05, 4.69) is 53.9 Å². The molecule has 142 valence electrons. The van der Waals surface area contributed by atoms with Gasteiger partial charge in [0.1, 0.15) is 0 Å². The van der Waals surface area contributed by atoms with E-state index in [1.54, 1.807) is 11.8 Å². The lowest BCUT2D eigenvalue weighted by molar-refractivity contribution is -0.119. The van der Waals surface area contributed by atoms with Gasteiger partial charge < -0.3 is 9.80 Å². The summed E-state index contributed by atoms with van der Waals surface area (Å²) in [5.41, 5.74) is 2.67. The van der Waals surface area contributed by atoms with Crippen LogP contribution in [0.4, 0.5) is 0 Å². The molecule has 0 bridgehead atoms. The van der Waals surface area contributed by atoms with E-state index in [0.29, 0.717) is 0 Å². The van der Waals surface area contributed by atoms with Crippen LogP contribution in [0.3, 0.4) is 0 Å². The summed E-state index contributed by atoms with van der Waals surface area (Å²) in [6.07, 6.45) is 3.74. The Morgan fingerprint density at radius 1 is 0.963 bits per heavy atom. The number of piperazine rings is 1. The highest BCUT2D eigenvalue weighted by Gasteiger charge is 2.22. The zero-order valence-corrected chi connectivity index (χ0v) is 16.6. The third-order valence-electron chi connectivity index (χ3n) is 4.91. The maximum atomic E-state index is 10.6. The van der Waals surface area contributed by atoms with E-state index in [1.165, 1.54) is 23.3 Å². The summed E-state index contributed by atoms with van der Waals surface area (Å²) in [5.74, 6) is 1.82. The lowest BCUT2D eigenvalue weighted by atomic mass is 10.1. The number of rotatable bonds is 6. The minimum absolute atomic E-state index is 0.804. The molecule has 3 nitrogen and oxygen atoms in total. The molecule has 0 radical (unpaired) electrons. The molecule has 0 aromatic heterocycles. The predicted octanol–water partition coefficient (Wildman–Crippen LogP) is 4.63. The van der Waals surface area contributed by atoms with Gasteiger partial charge in [-0.25, -0.2) is 0 Å². The average Bonchev–Trinajstić information content (AvgIpc) is 3.59. The van der Waals surface area contributed by atoms with Crippen molar-refractivity contribution in [3.63, 3.8) is 0 Å². The van der Waals surface area contributed by atoms with E-state index in [1.807, 2.05) is 23.1 Å². The number of hydrogen-bond acceptors (Lipinski definition) is 3. The summed E-state index contributed by atoms with van der Waals surface area (Å²) in [5, 5.41) is 0. The Morgan fingerprint density at radius 2 is 1.56 bits per heavy atom. The molecule has 0 spiro atoms. The van der Waals surface area contributed by atoms with Gasteiger partial charge in [0.15, 0.2) is 0 Å². The van der Waals surface area contributed by atoms with Gasteiger partial charge >= 0.3 is 0 Å². The molecule has 2 aromatic rings. The SMILES string of the molecule is C=C(CSc1ccccc1)N1CCN(C=O)CC1.c1ccc(C2CC2)cc1. The second kappa shape index (κ2) is 10.2. The standard InChI is InChI=1S/C14H18N2OS.C9H10/c1-13(11-18-14-5-3-2-4-6-14)16-9-7-15(12-17)8-10-16;1-2-4-8(5-3-1)9-6-7-9/h2-6,12H,1,7-11H2;1-5,9H,6-7H2. The monoisotopic (exact) mass is 380 g/mol. The van der Waals surface area contributed by atoms with Crippen LogP contribution in [0.2, 0.25) is 0 Å². The van der Waals surface area contributed by atoms with Gasteiger partial charge in [0.25, 0.3) is 0 Å². The second-order valence-electron chi connectivity index (χ2n) is 6.98. The molecular formula is C23H28N2OS. The summed E-state index contributed by atoms with van der Waals surface area (Å²) >= 11 is 1.80.